The summed E-state index contributed by atoms with van der Waals surface area (Å²) in [6.07, 6.45) is -2.95. The minimum atomic E-state index is -1.48. The van der Waals surface area contributed by atoms with E-state index in [-0.39, 0.29) is 5.69 Å². The summed E-state index contributed by atoms with van der Waals surface area (Å²) >= 11 is 0. The Hall–Kier alpha value is -1.02. The number of hydrogen-bond donors (Lipinski definition) is 4. The predicted octanol–water partition coefficient (Wildman–Crippen LogP) is -2.44. The second kappa shape index (κ2) is 4.47. The molecule has 0 bridgehead atoms. The van der Waals surface area contributed by atoms with Gasteiger partial charge < -0.3 is 20.4 Å². The fraction of sp³-hybridized carbons (Fsp3) is 0.714. The fourth-order valence-corrected chi connectivity index (χ4v) is 0.990. The van der Waals surface area contributed by atoms with E-state index in [0.717, 1.165) is 0 Å². The van der Waals surface area contributed by atoms with Gasteiger partial charge in [-0.05, 0) is 0 Å². The maximum Gasteiger partial charge on any atom is 0.128 e. The monoisotopic (exact) mass is 203 g/mol. The van der Waals surface area contributed by atoms with Crippen LogP contribution in [0.1, 0.15) is 11.8 Å². The lowest BCUT2D eigenvalue weighted by atomic mass is 10.1. The van der Waals surface area contributed by atoms with Gasteiger partial charge in [-0.2, -0.15) is 15.0 Å². The maximum absolute atomic E-state index is 9.47. The van der Waals surface area contributed by atoms with Crippen molar-refractivity contribution in [1.82, 2.24) is 15.0 Å². The van der Waals surface area contributed by atoms with Crippen LogP contribution in [0.2, 0.25) is 0 Å². The minimum Gasteiger partial charge on any atom is -0.394 e. The summed E-state index contributed by atoms with van der Waals surface area (Å²) in [5, 5.41) is 43.8. The molecule has 1 aromatic heterocycles. The van der Waals surface area contributed by atoms with Crippen molar-refractivity contribution in [3.8, 4) is 0 Å². The number of aliphatic hydroxyl groups excluding tert-OH is 4. The Bertz CT molecular complexity index is 290. The topological polar surface area (TPSA) is 112 Å². The summed E-state index contributed by atoms with van der Waals surface area (Å²) < 4.78 is 0. The molecule has 0 saturated carbocycles. The van der Waals surface area contributed by atoms with E-state index in [0.29, 0.717) is 0 Å². The summed E-state index contributed by atoms with van der Waals surface area (Å²) in [6, 6.07) is 0. The number of aliphatic hydroxyl groups is 4. The highest BCUT2D eigenvalue weighted by Crippen LogP contribution is 2.15. The first kappa shape index (κ1) is 11.1. The summed E-state index contributed by atoms with van der Waals surface area (Å²) in [5.41, 5.74) is 0.146. The second-order valence-corrected chi connectivity index (χ2v) is 2.94. The molecule has 7 heteroatoms. The molecule has 0 radical (unpaired) electrons. The molecule has 14 heavy (non-hydrogen) atoms. The number of aryl methyl sites for hydroxylation is 1. The quantitative estimate of drug-likeness (QED) is 0.432. The number of nitrogens with zero attached hydrogens (tertiary/aromatic N) is 3. The lowest BCUT2D eigenvalue weighted by Crippen LogP contribution is -2.34. The van der Waals surface area contributed by atoms with E-state index in [1.54, 1.807) is 7.05 Å². The molecule has 0 aliphatic heterocycles. The van der Waals surface area contributed by atoms with Crippen molar-refractivity contribution in [2.45, 2.75) is 18.3 Å². The van der Waals surface area contributed by atoms with Crippen molar-refractivity contribution < 1.29 is 20.4 Å². The molecule has 7 nitrogen and oxygen atoms in total. The van der Waals surface area contributed by atoms with Crippen LogP contribution in [0.3, 0.4) is 0 Å². The van der Waals surface area contributed by atoms with Gasteiger partial charge in [0.2, 0.25) is 0 Å². The van der Waals surface area contributed by atoms with Crippen LogP contribution in [0.4, 0.5) is 0 Å². The van der Waals surface area contributed by atoms with Gasteiger partial charge in [0.15, 0.2) is 0 Å². The smallest absolute Gasteiger partial charge is 0.128 e. The highest BCUT2D eigenvalue weighted by atomic mass is 16.4. The van der Waals surface area contributed by atoms with Crippen molar-refractivity contribution >= 4 is 0 Å². The van der Waals surface area contributed by atoms with E-state index in [9.17, 15) is 10.2 Å². The first-order valence-corrected chi connectivity index (χ1v) is 4.07. The Morgan fingerprint density at radius 2 is 2.07 bits per heavy atom. The highest BCUT2D eigenvalue weighted by molar-refractivity contribution is 5.00. The Kier molecular flexibility index (Phi) is 3.53. The Morgan fingerprint density at radius 3 is 2.50 bits per heavy atom. The first-order valence-electron chi connectivity index (χ1n) is 4.07. The maximum atomic E-state index is 9.47. The van der Waals surface area contributed by atoms with Crippen LogP contribution in [-0.4, -0.2) is 54.2 Å². The molecule has 0 aliphatic rings. The van der Waals surface area contributed by atoms with Gasteiger partial charge in [-0.3, -0.25) is 0 Å². The average Bonchev–Trinajstić information content (AvgIpc) is 2.61. The average molecular weight is 203 g/mol. The van der Waals surface area contributed by atoms with Gasteiger partial charge in [-0.15, -0.1) is 0 Å². The molecule has 0 aromatic carbocycles. The Balaban J connectivity index is 2.69. The number of hydrogen-bond acceptors (Lipinski definition) is 6. The van der Waals surface area contributed by atoms with Crippen molar-refractivity contribution in [3.63, 3.8) is 0 Å². The fourth-order valence-electron chi connectivity index (χ4n) is 0.990. The van der Waals surface area contributed by atoms with Crippen molar-refractivity contribution in [2.24, 2.45) is 7.05 Å². The molecule has 1 rings (SSSR count). The van der Waals surface area contributed by atoms with Crippen LogP contribution in [-0.2, 0) is 7.05 Å². The third-order valence-corrected chi connectivity index (χ3v) is 1.83. The summed E-state index contributed by atoms with van der Waals surface area (Å²) in [7, 11) is 1.56. The summed E-state index contributed by atoms with van der Waals surface area (Å²) in [6.45, 7) is -0.626. The van der Waals surface area contributed by atoms with Crippen LogP contribution >= 0.6 is 0 Å². The zero-order valence-electron chi connectivity index (χ0n) is 7.65. The van der Waals surface area contributed by atoms with Crippen LogP contribution in [0.25, 0.3) is 0 Å². The molecule has 0 amide bonds. The summed E-state index contributed by atoms with van der Waals surface area (Å²) in [5.74, 6) is 0. The van der Waals surface area contributed by atoms with E-state index in [2.05, 4.69) is 10.2 Å². The zero-order chi connectivity index (χ0) is 10.7. The van der Waals surface area contributed by atoms with Gasteiger partial charge in [0, 0.05) is 7.05 Å². The molecular formula is C7H13N3O4. The number of rotatable bonds is 4. The van der Waals surface area contributed by atoms with Gasteiger partial charge in [0.25, 0.3) is 0 Å². The second-order valence-electron chi connectivity index (χ2n) is 2.94. The molecule has 4 N–H and O–H groups in total. The largest absolute Gasteiger partial charge is 0.394 e. The molecule has 3 atom stereocenters. The van der Waals surface area contributed by atoms with E-state index in [1.807, 2.05) is 0 Å². The van der Waals surface area contributed by atoms with Crippen LogP contribution in [0.5, 0.6) is 0 Å². The standard InChI is InChI=1S/C7H13N3O4/c1-10-8-2-4(9-10)6(13)7(14)5(12)3-11/h2,5-7,11-14H,3H2,1H3. The Morgan fingerprint density at radius 1 is 1.43 bits per heavy atom. The van der Waals surface area contributed by atoms with Gasteiger partial charge in [-0.25, -0.2) is 0 Å². The molecule has 0 spiro atoms. The minimum absolute atomic E-state index is 0.146. The molecule has 80 valence electrons. The molecular weight excluding hydrogens is 190 g/mol. The van der Waals surface area contributed by atoms with Gasteiger partial charge in [-0.1, -0.05) is 0 Å². The van der Waals surface area contributed by atoms with E-state index >= 15 is 0 Å². The molecule has 0 aliphatic carbocycles. The third-order valence-electron chi connectivity index (χ3n) is 1.83. The zero-order valence-corrected chi connectivity index (χ0v) is 7.65. The lowest BCUT2D eigenvalue weighted by Gasteiger charge is -2.19. The van der Waals surface area contributed by atoms with Gasteiger partial charge in [0.05, 0.1) is 12.8 Å². The van der Waals surface area contributed by atoms with Crippen molar-refractivity contribution in [2.75, 3.05) is 6.61 Å². The van der Waals surface area contributed by atoms with Gasteiger partial charge in [0.1, 0.15) is 24.0 Å². The van der Waals surface area contributed by atoms with Crippen molar-refractivity contribution in [1.29, 1.82) is 0 Å². The normalized spacial score (nSPS) is 17.8. The summed E-state index contributed by atoms with van der Waals surface area (Å²) in [4.78, 5) is 1.22. The lowest BCUT2D eigenvalue weighted by molar-refractivity contribution is -0.0790. The van der Waals surface area contributed by atoms with E-state index in [4.69, 9.17) is 10.2 Å². The molecule has 1 aromatic rings. The highest BCUT2D eigenvalue weighted by Gasteiger charge is 2.27. The number of aromatic nitrogens is 3. The van der Waals surface area contributed by atoms with Crippen LogP contribution < -0.4 is 0 Å². The van der Waals surface area contributed by atoms with Crippen LogP contribution in [0, 0.1) is 0 Å². The van der Waals surface area contributed by atoms with Crippen molar-refractivity contribution in [3.05, 3.63) is 11.9 Å². The van der Waals surface area contributed by atoms with E-state index < -0.39 is 24.9 Å². The Labute approximate surface area is 80.2 Å². The molecule has 3 unspecified atom stereocenters. The molecule has 0 fully saturated rings. The van der Waals surface area contributed by atoms with E-state index in [1.165, 1.54) is 11.0 Å². The molecule has 1 heterocycles. The SMILES string of the molecule is Cn1ncc(C(O)C(O)C(O)CO)n1. The molecule has 0 saturated heterocycles. The van der Waals surface area contributed by atoms with Crippen LogP contribution in [0.15, 0.2) is 6.20 Å². The third kappa shape index (κ3) is 2.26. The predicted molar refractivity (Wildman–Crippen MR) is 45.1 cm³/mol. The first-order chi connectivity index (χ1) is 6.56. The van der Waals surface area contributed by atoms with Gasteiger partial charge >= 0.3 is 0 Å².